The molecule has 0 radical (unpaired) electrons. The van der Waals surface area contributed by atoms with Gasteiger partial charge in [-0.05, 0) is 43.3 Å². The summed E-state index contributed by atoms with van der Waals surface area (Å²) in [6, 6.07) is 8.74. The number of carbonyl (C=O) groups excluding carboxylic acids is 2. The van der Waals surface area contributed by atoms with Crippen LogP contribution in [0.1, 0.15) is 23.3 Å². The van der Waals surface area contributed by atoms with Crippen LogP contribution in [0.2, 0.25) is 0 Å². The first-order valence-electron chi connectivity index (χ1n) is 8.48. The third-order valence-corrected chi connectivity index (χ3v) is 4.69. The molecular formula is C18H18FN5O3S. The number of carbonyl (C=O) groups is 2. The highest BCUT2D eigenvalue weighted by molar-refractivity contribution is 7.99. The van der Waals surface area contributed by atoms with Gasteiger partial charge in [0.2, 0.25) is 5.91 Å². The van der Waals surface area contributed by atoms with Crippen molar-refractivity contribution in [1.29, 1.82) is 0 Å². The van der Waals surface area contributed by atoms with Crippen molar-refractivity contribution in [2.45, 2.75) is 25.2 Å². The minimum Gasteiger partial charge on any atom is -0.459 e. The van der Waals surface area contributed by atoms with E-state index in [1.807, 2.05) is 11.5 Å². The summed E-state index contributed by atoms with van der Waals surface area (Å²) in [5.74, 6) is -0.0408. The van der Waals surface area contributed by atoms with E-state index in [4.69, 9.17) is 4.42 Å². The number of amides is 2. The fourth-order valence-corrected chi connectivity index (χ4v) is 3.21. The molecule has 0 aliphatic rings. The zero-order valence-electron chi connectivity index (χ0n) is 15.0. The minimum atomic E-state index is -0.366. The number of furan rings is 1. The number of anilines is 1. The largest absolute Gasteiger partial charge is 0.459 e. The summed E-state index contributed by atoms with van der Waals surface area (Å²) in [7, 11) is 0. The molecule has 0 saturated carbocycles. The normalized spacial score (nSPS) is 10.6. The number of thioether (sulfide) groups is 1. The summed E-state index contributed by atoms with van der Waals surface area (Å²) in [5.41, 5.74) is 0.519. The van der Waals surface area contributed by atoms with Gasteiger partial charge in [0, 0.05) is 12.2 Å². The summed E-state index contributed by atoms with van der Waals surface area (Å²) in [6.07, 6.45) is 1.43. The number of benzene rings is 1. The SMILES string of the molecule is CCn1c(CNC(=O)c2ccco2)nnc1SCC(=O)Nc1ccc(F)cc1. The molecule has 146 valence electrons. The average molecular weight is 403 g/mol. The maximum atomic E-state index is 12.9. The van der Waals surface area contributed by atoms with Crippen molar-refractivity contribution in [1.82, 2.24) is 20.1 Å². The molecule has 28 heavy (non-hydrogen) atoms. The van der Waals surface area contributed by atoms with Gasteiger partial charge in [0.1, 0.15) is 5.82 Å². The second-order valence-electron chi connectivity index (χ2n) is 5.65. The van der Waals surface area contributed by atoms with E-state index in [-0.39, 0.29) is 35.7 Å². The van der Waals surface area contributed by atoms with Crippen molar-refractivity contribution in [2.24, 2.45) is 0 Å². The number of rotatable bonds is 8. The van der Waals surface area contributed by atoms with Crippen LogP contribution in [-0.4, -0.2) is 32.3 Å². The second kappa shape index (κ2) is 9.18. The van der Waals surface area contributed by atoms with Crippen molar-refractivity contribution in [3.63, 3.8) is 0 Å². The van der Waals surface area contributed by atoms with Gasteiger partial charge in [-0.2, -0.15) is 0 Å². The van der Waals surface area contributed by atoms with Crippen LogP contribution in [0.3, 0.4) is 0 Å². The highest BCUT2D eigenvalue weighted by Gasteiger charge is 2.15. The Kier molecular flexibility index (Phi) is 6.43. The Morgan fingerprint density at radius 3 is 2.68 bits per heavy atom. The average Bonchev–Trinajstić information content (AvgIpc) is 3.36. The number of nitrogens with one attached hydrogen (secondary N) is 2. The van der Waals surface area contributed by atoms with Crippen LogP contribution in [-0.2, 0) is 17.9 Å². The quantitative estimate of drug-likeness (QED) is 0.561. The van der Waals surface area contributed by atoms with Gasteiger partial charge in [-0.25, -0.2) is 4.39 Å². The Labute approximate surface area is 164 Å². The van der Waals surface area contributed by atoms with E-state index in [0.29, 0.717) is 23.2 Å². The van der Waals surface area contributed by atoms with Crippen LogP contribution in [0.5, 0.6) is 0 Å². The lowest BCUT2D eigenvalue weighted by molar-refractivity contribution is -0.113. The summed E-state index contributed by atoms with van der Waals surface area (Å²) in [4.78, 5) is 24.0. The van der Waals surface area contributed by atoms with Crippen LogP contribution in [0.15, 0.2) is 52.2 Å². The van der Waals surface area contributed by atoms with Gasteiger partial charge in [0.25, 0.3) is 5.91 Å². The summed E-state index contributed by atoms with van der Waals surface area (Å²) in [6.45, 7) is 2.69. The maximum Gasteiger partial charge on any atom is 0.287 e. The molecular weight excluding hydrogens is 385 g/mol. The molecule has 0 fully saturated rings. The van der Waals surface area contributed by atoms with E-state index >= 15 is 0 Å². The first-order chi connectivity index (χ1) is 13.6. The van der Waals surface area contributed by atoms with E-state index in [1.54, 1.807) is 12.1 Å². The number of aromatic nitrogens is 3. The Morgan fingerprint density at radius 1 is 1.21 bits per heavy atom. The van der Waals surface area contributed by atoms with Crippen LogP contribution >= 0.6 is 11.8 Å². The van der Waals surface area contributed by atoms with Crippen molar-refractivity contribution >= 4 is 29.3 Å². The summed E-state index contributed by atoms with van der Waals surface area (Å²) in [5, 5.41) is 14.1. The van der Waals surface area contributed by atoms with Crippen LogP contribution < -0.4 is 10.6 Å². The van der Waals surface area contributed by atoms with Gasteiger partial charge in [-0.3, -0.25) is 9.59 Å². The molecule has 2 heterocycles. The van der Waals surface area contributed by atoms with E-state index in [0.717, 1.165) is 0 Å². The fraction of sp³-hybridized carbons (Fsp3) is 0.222. The lowest BCUT2D eigenvalue weighted by atomic mass is 10.3. The first-order valence-corrected chi connectivity index (χ1v) is 9.47. The van der Waals surface area contributed by atoms with Gasteiger partial charge in [0.05, 0.1) is 18.6 Å². The fourth-order valence-electron chi connectivity index (χ4n) is 2.39. The second-order valence-corrected chi connectivity index (χ2v) is 6.59. The van der Waals surface area contributed by atoms with Gasteiger partial charge in [0.15, 0.2) is 16.7 Å². The molecule has 0 spiro atoms. The first kappa shape index (κ1) is 19.6. The molecule has 0 aliphatic carbocycles. The van der Waals surface area contributed by atoms with Crippen LogP contribution in [0.25, 0.3) is 0 Å². The maximum absolute atomic E-state index is 12.9. The molecule has 10 heteroatoms. The molecule has 1 aromatic carbocycles. The smallest absolute Gasteiger partial charge is 0.287 e. The van der Waals surface area contributed by atoms with Gasteiger partial charge < -0.3 is 19.6 Å². The molecule has 3 aromatic rings. The number of hydrogen-bond donors (Lipinski definition) is 2. The Balaban J connectivity index is 1.54. The highest BCUT2D eigenvalue weighted by Crippen LogP contribution is 2.18. The van der Waals surface area contributed by atoms with Crippen molar-refractivity contribution in [3.8, 4) is 0 Å². The van der Waals surface area contributed by atoms with E-state index < -0.39 is 0 Å². The lowest BCUT2D eigenvalue weighted by Crippen LogP contribution is -2.24. The van der Waals surface area contributed by atoms with Crippen LogP contribution in [0.4, 0.5) is 10.1 Å². The molecule has 2 amide bonds. The number of halogens is 1. The molecule has 2 N–H and O–H groups in total. The number of nitrogens with zero attached hydrogens (tertiary/aromatic N) is 3. The van der Waals surface area contributed by atoms with Crippen LogP contribution in [0, 0.1) is 5.82 Å². The molecule has 8 nitrogen and oxygen atoms in total. The van der Waals surface area contributed by atoms with E-state index in [2.05, 4.69) is 20.8 Å². The topological polar surface area (TPSA) is 102 Å². The van der Waals surface area contributed by atoms with Gasteiger partial charge >= 0.3 is 0 Å². The summed E-state index contributed by atoms with van der Waals surface area (Å²) >= 11 is 1.23. The zero-order valence-corrected chi connectivity index (χ0v) is 15.8. The third kappa shape index (κ3) is 4.97. The van der Waals surface area contributed by atoms with E-state index in [1.165, 1.54) is 42.3 Å². The molecule has 0 unspecified atom stereocenters. The summed E-state index contributed by atoms with van der Waals surface area (Å²) < 4.78 is 19.8. The zero-order chi connectivity index (χ0) is 19.9. The van der Waals surface area contributed by atoms with Gasteiger partial charge in [-0.1, -0.05) is 11.8 Å². The molecule has 2 aromatic heterocycles. The predicted molar refractivity (Wildman–Crippen MR) is 101 cm³/mol. The third-order valence-electron chi connectivity index (χ3n) is 3.72. The van der Waals surface area contributed by atoms with Gasteiger partial charge in [-0.15, -0.1) is 10.2 Å². The standard InChI is InChI=1S/C18H18FN5O3S/c1-2-24-15(10-20-17(26)14-4-3-9-27-14)22-23-18(24)28-11-16(25)21-13-7-5-12(19)6-8-13/h3-9H,2,10-11H2,1H3,(H,20,26)(H,21,25). The molecule has 0 saturated heterocycles. The molecule has 3 rings (SSSR count). The van der Waals surface area contributed by atoms with Crippen molar-refractivity contribution in [2.75, 3.05) is 11.1 Å². The lowest BCUT2D eigenvalue weighted by Gasteiger charge is -2.08. The Hall–Kier alpha value is -3.14. The predicted octanol–water partition coefficient (Wildman–Crippen LogP) is 2.69. The number of hydrogen-bond acceptors (Lipinski definition) is 6. The molecule has 0 bridgehead atoms. The van der Waals surface area contributed by atoms with Crippen molar-refractivity contribution < 1.29 is 18.4 Å². The monoisotopic (exact) mass is 403 g/mol. The minimum absolute atomic E-state index is 0.119. The highest BCUT2D eigenvalue weighted by atomic mass is 32.2. The Morgan fingerprint density at radius 2 is 2.00 bits per heavy atom. The molecule has 0 aliphatic heterocycles. The Bertz CT molecular complexity index is 941. The van der Waals surface area contributed by atoms with Crippen molar-refractivity contribution in [3.05, 3.63) is 60.1 Å². The van der Waals surface area contributed by atoms with E-state index in [9.17, 15) is 14.0 Å². The molecule has 0 atom stereocenters.